The molecule has 2 aromatic heterocycles. The standard InChI is InChI=1S/C29H25N5OS/c35-27-18-22-19-30-29(31-23-10-8-21(9-11-23)26-6-4-16-36-26)33-28(22)24-12-7-20(17-25(24)32-27)5-3-15-34-13-1-2-14-34/h4,6-12,16-17,19H,1-2,13-15,18H2,(H,32,35)(H,30,31,33). The molecule has 0 unspecified atom stereocenters. The maximum absolute atomic E-state index is 12.6. The molecule has 36 heavy (non-hydrogen) atoms. The third-order valence-electron chi connectivity index (χ3n) is 6.45. The SMILES string of the molecule is O=C1Cc2cnc(Nc3ccc(-c4cccs4)cc3)nc2-c2ccc(C#CCN3CCCC3)cc2N1. The summed E-state index contributed by atoms with van der Waals surface area (Å²) in [6, 6.07) is 18.3. The van der Waals surface area contributed by atoms with Crippen molar-refractivity contribution in [2.24, 2.45) is 0 Å². The minimum Gasteiger partial charge on any atom is -0.325 e. The number of thiophene rings is 1. The second-order valence-corrected chi connectivity index (χ2v) is 9.97. The molecule has 7 heteroatoms. The van der Waals surface area contributed by atoms with E-state index in [9.17, 15) is 4.79 Å². The summed E-state index contributed by atoms with van der Waals surface area (Å²) in [7, 11) is 0. The van der Waals surface area contributed by atoms with Crippen LogP contribution in [0.3, 0.4) is 0 Å². The first-order chi connectivity index (χ1) is 17.7. The monoisotopic (exact) mass is 491 g/mol. The van der Waals surface area contributed by atoms with E-state index in [1.54, 1.807) is 17.5 Å². The average molecular weight is 492 g/mol. The van der Waals surface area contributed by atoms with Crippen LogP contribution in [0.1, 0.15) is 24.0 Å². The molecule has 2 aliphatic heterocycles. The van der Waals surface area contributed by atoms with Gasteiger partial charge in [-0.25, -0.2) is 9.97 Å². The summed E-state index contributed by atoms with van der Waals surface area (Å²) in [5, 5.41) is 8.41. The number of amides is 1. The number of benzene rings is 2. The minimum absolute atomic E-state index is 0.0781. The van der Waals surface area contributed by atoms with Crippen molar-refractivity contribution >= 4 is 34.6 Å². The summed E-state index contributed by atoms with van der Waals surface area (Å²) in [5.74, 6) is 6.94. The summed E-state index contributed by atoms with van der Waals surface area (Å²) >= 11 is 1.72. The lowest BCUT2D eigenvalue weighted by Crippen LogP contribution is -2.18. The molecular weight excluding hydrogens is 466 g/mol. The van der Waals surface area contributed by atoms with Gasteiger partial charge in [0.2, 0.25) is 11.9 Å². The molecule has 0 spiro atoms. The molecule has 4 heterocycles. The Kier molecular flexibility index (Phi) is 6.20. The molecule has 178 valence electrons. The summed E-state index contributed by atoms with van der Waals surface area (Å²) in [4.78, 5) is 25.5. The van der Waals surface area contributed by atoms with Gasteiger partial charge in [-0.05, 0) is 73.3 Å². The van der Waals surface area contributed by atoms with E-state index in [2.05, 4.69) is 62.0 Å². The van der Waals surface area contributed by atoms with Crippen molar-refractivity contribution in [3.8, 4) is 33.5 Å². The van der Waals surface area contributed by atoms with Crippen molar-refractivity contribution in [3.63, 3.8) is 0 Å². The second-order valence-electron chi connectivity index (χ2n) is 9.02. The molecule has 6 rings (SSSR count). The highest BCUT2D eigenvalue weighted by atomic mass is 32.1. The fourth-order valence-electron chi connectivity index (χ4n) is 4.61. The molecular formula is C29H25N5OS. The molecule has 1 fully saturated rings. The predicted molar refractivity (Wildman–Crippen MR) is 145 cm³/mol. The predicted octanol–water partition coefficient (Wildman–Crippen LogP) is 5.56. The first-order valence-electron chi connectivity index (χ1n) is 12.1. The molecule has 0 bridgehead atoms. The van der Waals surface area contributed by atoms with E-state index in [0.717, 1.165) is 53.4 Å². The lowest BCUT2D eigenvalue weighted by atomic mass is 10.0. The number of nitrogens with zero attached hydrogens (tertiary/aromatic N) is 3. The molecule has 2 aromatic carbocycles. The van der Waals surface area contributed by atoms with Crippen LogP contribution in [0.2, 0.25) is 0 Å². The topological polar surface area (TPSA) is 70.2 Å². The fourth-order valence-corrected chi connectivity index (χ4v) is 5.35. The molecule has 1 saturated heterocycles. The number of anilines is 3. The number of fused-ring (bicyclic) bond motifs is 3. The van der Waals surface area contributed by atoms with Gasteiger partial charge in [0, 0.05) is 33.5 Å². The summed E-state index contributed by atoms with van der Waals surface area (Å²) in [6.07, 6.45) is 4.48. The Morgan fingerprint density at radius 3 is 2.75 bits per heavy atom. The smallest absolute Gasteiger partial charge is 0.228 e. The first-order valence-corrected chi connectivity index (χ1v) is 13.0. The van der Waals surface area contributed by atoms with Crippen LogP contribution < -0.4 is 10.6 Å². The summed E-state index contributed by atoms with van der Waals surface area (Å²) in [5.41, 5.74) is 6.13. The Bertz CT molecular complexity index is 1460. The minimum atomic E-state index is -0.0781. The van der Waals surface area contributed by atoms with Crippen molar-refractivity contribution in [1.29, 1.82) is 0 Å². The Morgan fingerprint density at radius 2 is 1.94 bits per heavy atom. The normalized spacial score (nSPS) is 14.7. The van der Waals surface area contributed by atoms with Crippen LogP contribution >= 0.6 is 11.3 Å². The first kappa shape index (κ1) is 22.5. The van der Waals surface area contributed by atoms with Crippen LogP contribution in [0, 0.1) is 11.8 Å². The Balaban J connectivity index is 1.25. The van der Waals surface area contributed by atoms with E-state index in [-0.39, 0.29) is 12.3 Å². The maximum atomic E-state index is 12.6. The van der Waals surface area contributed by atoms with Crippen LogP contribution in [-0.4, -0.2) is 40.4 Å². The van der Waals surface area contributed by atoms with Crippen molar-refractivity contribution in [3.05, 3.63) is 77.3 Å². The molecule has 0 aliphatic carbocycles. The number of carbonyl (C=O) groups excluding carboxylic acids is 1. The Hall–Kier alpha value is -3.99. The number of aromatic nitrogens is 2. The highest BCUT2D eigenvalue weighted by molar-refractivity contribution is 7.13. The molecule has 2 aliphatic rings. The largest absolute Gasteiger partial charge is 0.325 e. The van der Waals surface area contributed by atoms with Gasteiger partial charge in [0.25, 0.3) is 0 Å². The van der Waals surface area contributed by atoms with Gasteiger partial charge in [-0.3, -0.25) is 9.69 Å². The van der Waals surface area contributed by atoms with Gasteiger partial charge >= 0.3 is 0 Å². The van der Waals surface area contributed by atoms with E-state index < -0.39 is 0 Å². The maximum Gasteiger partial charge on any atom is 0.228 e. The van der Waals surface area contributed by atoms with Crippen LogP contribution in [0.25, 0.3) is 21.7 Å². The Labute approximate surface area is 214 Å². The van der Waals surface area contributed by atoms with E-state index in [1.165, 1.54) is 23.3 Å². The van der Waals surface area contributed by atoms with Gasteiger partial charge in [0.05, 0.1) is 24.3 Å². The Morgan fingerprint density at radius 1 is 1.08 bits per heavy atom. The van der Waals surface area contributed by atoms with Crippen LogP contribution in [0.15, 0.2) is 66.2 Å². The van der Waals surface area contributed by atoms with Crippen LogP contribution in [-0.2, 0) is 11.2 Å². The third-order valence-corrected chi connectivity index (χ3v) is 7.36. The molecule has 0 radical (unpaired) electrons. The van der Waals surface area contributed by atoms with Gasteiger partial charge < -0.3 is 10.6 Å². The van der Waals surface area contributed by atoms with Gasteiger partial charge in [-0.15, -0.1) is 11.3 Å². The van der Waals surface area contributed by atoms with Crippen LogP contribution in [0.5, 0.6) is 0 Å². The van der Waals surface area contributed by atoms with Gasteiger partial charge in [-0.1, -0.05) is 30.0 Å². The van der Waals surface area contributed by atoms with Crippen molar-refractivity contribution in [2.75, 3.05) is 30.3 Å². The number of nitrogens with one attached hydrogen (secondary N) is 2. The van der Waals surface area contributed by atoms with E-state index in [4.69, 9.17) is 4.98 Å². The van der Waals surface area contributed by atoms with Gasteiger partial charge in [0.15, 0.2) is 0 Å². The second kappa shape index (κ2) is 9.94. The summed E-state index contributed by atoms with van der Waals surface area (Å²) in [6.45, 7) is 3.03. The zero-order valence-electron chi connectivity index (χ0n) is 19.8. The molecule has 4 aromatic rings. The van der Waals surface area contributed by atoms with E-state index >= 15 is 0 Å². The van der Waals surface area contributed by atoms with Gasteiger partial charge in [-0.2, -0.15) is 0 Å². The van der Waals surface area contributed by atoms with Crippen molar-refractivity contribution in [1.82, 2.24) is 14.9 Å². The zero-order chi connectivity index (χ0) is 24.3. The number of rotatable bonds is 4. The number of likely N-dealkylation sites (tertiary alicyclic amines) is 1. The highest BCUT2D eigenvalue weighted by Gasteiger charge is 2.21. The molecule has 2 N–H and O–H groups in total. The number of hydrogen-bond acceptors (Lipinski definition) is 6. The number of hydrogen-bond donors (Lipinski definition) is 2. The highest BCUT2D eigenvalue weighted by Crippen LogP contribution is 2.34. The van der Waals surface area contributed by atoms with Crippen molar-refractivity contribution in [2.45, 2.75) is 19.3 Å². The fraction of sp³-hybridized carbons (Fsp3) is 0.207. The third kappa shape index (κ3) is 4.87. The quantitative estimate of drug-likeness (QED) is 0.366. The molecule has 6 nitrogen and oxygen atoms in total. The molecule has 1 amide bonds. The lowest BCUT2D eigenvalue weighted by molar-refractivity contribution is -0.115. The molecule has 0 saturated carbocycles. The average Bonchev–Trinajstić information content (AvgIpc) is 3.59. The summed E-state index contributed by atoms with van der Waals surface area (Å²) < 4.78 is 0. The van der Waals surface area contributed by atoms with E-state index in [1.807, 2.05) is 30.3 Å². The van der Waals surface area contributed by atoms with E-state index in [0.29, 0.717) is 5.95 Å². The van der Waals surface area contributed by atoms with Gasteiger partial charge in [0.1, 0.15) is 0 Å². The zero-order valence-corrected chi connectivity index (χ0v) is 20.6. The lowest BCUT2D eigenvalue weighted by Gasteiger charge is -2.11. The molecule has 0 atom stereocenters. The van der Waals surface area contributed by atoms with Crippen LogP contribution in [0.4, 0.5) is 17.3 Å². The van der Waals surface area contributed by atoms with Crippen molar-refractivity contribution < 1.29 is 4.79 Å². The number of carbonyl (C=O) groups is 1.